The second-order valence-corrected chi connectivity index (χ2v) is 6.47. The fraction of sp³-hybridized carbons (Fsp3) is 0.0455. The van der Waals surface area contributed by atoms with Gasteiger partial charge in [-0.2, -0.15) is 0 Å². The monoisotopic (exact) mass is 363 g/mol. The summed E-state index contributed by atoms with van der Waals surface area (Å²) < 4.78 is 13.9. The number of anilines is 1. The molecule has 2 nitrogen and oxygen atoms in total. The zero-order valence-corrected chi connectivity index (χ0v) is 14.6. The number of fused-ring (bicyclic) bond motifs is 1. The van der Waals surface area contributed by atoms with Gasteiger partial charge in [0.05, 0.1) is 22.8 Å². The van der Waals surface area contributed by atoms with Crippen molar-refractivity contribution in [2.24, 2.45) is 0 Å². The van der Waals surface area contributed by atoms with Crippen LogP contribution in [0.3, 0.4) is 0 Å². The molecule has 4 heteroatoms. The molecular formula is C22H15ClFNO. The number of carbonyl (C=O) groups excluding carboxylic acids is 1. The standard InChI is InChI=1S/C22H15ClFNO/c23-21(16-9-5-2-6-10-16)20-18-13-17(24)11-12-19(18)25(22(20)26)14-15-7-3-1-4-8-15/h1-13H,14H2/b21-20+. The highest BCUT2D eigenvalue weighted by molar-refractivity contribution is 6.59. The van der Waals surface area contributed by atoms with Crippen molar-refractivity contribution in [1.29, 1.82) is 0 Å². The maximum atomic E-state index is 13.9. The Bertz CT molecular complexity index is 999. The minimum atomic E-state index is -0.395. The summed E-state index contributed by atoms with van der Waals surface area (Å²) in [4.78, 5) is 14.8. The van der Waals surface area contributed by atoms with Gasteiger partial charge in [0.25, 0.3) is 5.91 Å². The van der Waals surface area contributed by atoms with Gasteiger partial charge in [-0.05, 0) is 29.3 Å². The second-order valence-electron chi connectivity index (χ2n) is 6.09. The predicted octanol–water partition coefficient (Wildman–Crippen LogP) is 5.48. The lowest BCUT2D eigenvalue weighted by atomic mass is 10.0. The third-order valence-electron chi connectivity index (χ3n) is 4.41. The van der Waals surface area contributed by atoms with Crippen LogP contribution in [0.2, 0.25) is 0 Å². The summed E-state index contributed by atoms with van der Waals surface area (Å²) in [7, 11) is 0. The lowest BCUT2D eigenvalue weighted by Crippen LogP contribution is -2.25. The molecule has 0 bridgehead atoms. The van der Waals surface area contributed by atoms with E-state index in [1.165, 1.54) is 12.1 Å². The summed E-state index contributed by atoms with van der Waals surface area (Å²) in [6.45, 7) is 0.404. The quantitative estimate of drug-likeness (QED) is 0.564. The molecule has 0 spiro atoms. The van der Waals surface area contributed by atoms with Crippen LogP contribution in [0.15, 0.2) is 78.9 Å². The van der Waals surface area contributed by atoms with E-state index >= 15 is 0 Å². The molecule has 3 aromatic rings. The van der Waals surface area contributed by atoms with Gasteiger partial charge in [0.2, 0.25) is 0 Å². The van der Waals surface area contributed by atoms with Gasteiger partial charge >= 0.3 is 0 Å². The second kappa shape index (κ2) is 6.77. The zero-order chi connectivity index (χ0) is 18.1. The Balaban J connectivity index is 1.85. The topological polar surface area (TPSA) is 20.3 Å². The van der Waals surface area contributed by atoms with Crippen molar-refractivity contribution in [2.45, 2.75) is 6.54 Å². The first-order valence-electron chi connectivity index (χ1n) is 8.26. The molecule has 26 heavy (non-hydrogen) atoms. The zero-order valence-electron chi connectivity index (χ0n) is 13.8. The smallest absolute Gasteiger partial charge is 0.260 e. The van der Waals surface area contributed by atoms with Crippen LogP contribution in [0.4, 0.5) is 10.1 Å². The molecule has 0 radical (unpaired) electrons. The van der Waals surface area contributed by atoms with Crippen molar-refractivity contribution in [3.63, 3.8) is 0 Å². The van der Waals surface area contributed by atoms with Crippen molar-refractivity contribution in [1.82, 2.24) is 0 Å². The van der Waals surface area contributed by atoms with E-state index in [9.17, 15) is 9.18 Å². The van der Waals surface area contributed by atoms with Gasteiger partial charge in [-0.3, -0.25) is 4.79 Å². The first-order valence-corrected chi connectivity index (χ1v) is 8.64. The largest absolute Gasteiger partial charge is 0.303 e. The Hall–Kier alpha value is -2.91. The molecule has 0 saturated carbocycles. The van der Waals surface area contributed by atoms with Crippen LogP contribution in [-0.4, -0.2) is 5.91 Å². The van der Waals surface area contributed by atoms with E-state index in [2.05, 4.69) is 0 Å². The Labute approximate surface area is 156 Å². The summed E-state index contributed by atoms with van der Waals surface area (Å²) in [5, 5.41) is 0.331. The number of rotatable bonds is 3. The van der Waals surface area contributed by atoms with Gasteiger partial charge in [-0.15, -0.1) is 0 Å². The summed E-state index contributed by atoms with van der Waals surface area (Å²) >= 11 is 6.57. The van der Waals surface area contributed by atoms with Crippen molar-refractivity contribution < 1.29 is 9.18 Å². The van der Waals surface area contributed by atoms with E-state index in [-0.39, 0.29) is 5.91 Å². The van der Waals surface area contributed by atoms with Gasteiger partial charge in [0.15, 0.2) is 0 Å². The van der Waals surface area contributed by atoms with E-state index < -0.39 is 5.82 Å². The van der Waals surface area contributed by atoms with Crippen molar-refractivity contribution >= 4 is 33.8 Å². The first kappa shape index (κ1) is 16.6. The highest BCUT2D eigenvalue weighted by Crippen LogP contribution is 2.43. The maximum Gasteiger partial charge on any atom is 0.260 e. The van der Waals surface area contributed by atoms with E-state index in [1.54, 1.807) is 11.0 Å². The Morgan fingerprint density at radius 2 is 1.58 bits per heavy atom. The molecule has 0 N–H and O–H groups in total. The lowest BCUT2D eigenvalue weighted by Gasteiger charge is -2.17. The van der Waals surface area contributed by atoms with Crippen LogP contribution >= 0.6 is 11.6 Å². The summed E-state index contributed by atoms with van der Waals surface area (Å²) in [5.74, 6) is -0.614. The van der Waals surface area contributed by atoms with Gasteiger partial charge in [0, 0.05) is 5.56 Å². The SMILES string of the molecule is O=C1/C(=C(/Cl)c2ccccc2)c2cc(F)ccc2N1Cc1ccccc1. The molecule has 1 aliphatic rings. The van der Waals surface area contributed by atoms with Crippen molar-refractivity contribution in [3.8, 4) is 0 Å². The fourth-order valence-electron chi connectivity index (χ4n) is 3.17. The first-order chi connectivity index (χ1) is 12.6. The minimum absolute atomic E-state index is 0.219. The highest BCUT2D eigenvalue weighted by atomic mass is 35.5. The molecule has 1 aliphatic heterocycles. The van der Waals surface area contributed by atoms with Crippen LogP contribution in [0.5, 0.6) is 0 Å². The molecule has 0 fully saturated rings. The average Bonchev–Trinajstić information content (AvgIpc) is 2.94. The number of benzene rings is 3. The van der Waals surface area contributed by atoms with Gasteiger partial charge in [0.1, 0.15) is 5.82 Å². The van der Waals surface area contributed by atoms with E-state index in [0.717, 1.165) is 11.1 Å². The Morgan fingerprint density at radius 1 is 0.923 bits per heavy atom. The number of hydrogen-bond acceptors (Lipinski definition) is 1. The van der Waals surface area contributed by atoms with Crippen LogP contribution in [0, 0.1) is 5.82 Å². The van der Waals surface area contributed by atoms with Gasteiger partial charge in [-0.25, -0.2) is 4.39 Å². The number of nitrogens with zero attached hydrogens (tertiary/aromatic N) is 1. The molecule has 3 aromatic carbocycles. The fourth-order valence-corrected chi connectivity index (χ4v) is 3.48. The molecule has 1 heterocycles. The molecule has 0 aromatic heterocycles. The number of halogens is 2. The predicted molar refractivity (Wildman–Crippen MR) is 103 cm³/mol. The molecule has 4 rings (SSSR count). The Kier molecular flexibility index (Phi) is 4.31. The molecule has 0 saturated heterocycles. The van der Waals surface area contributed by atoms with Crippen LogP contribution in [-0.2, 0) is 11.3 Å². The molecule has 128 valence electrons. The number of amides is 1. The number of hydrogen-bond donors (Lipinski definition) is 0. The normalized spacial score (nSPS) is 15.2. The molecule has 1 amide bonds. The third kappa shape index (κ3) is 2.91. The van der Waals surface area contributed by atoms with Crippen LogP contribution in [0.25, 0.3) is 10.6 Å². The number of carbonyl (C=O) groups is 1. The van der Waals surface area contributed by atoms with Crippen molar-refractivity contribution in [2.75, 3.05) is 4.90 Å². The molecule has 0 unspecified atom stereocenters. The van der Waals surface area contributed by atoms with Gasteiger partial charge < -0.3 is 4.90 Å². The summed E-state index contributed by atoms with van der Waals surface area (Å²) in [6.07, 6.45) is 0. The minimum Gasteiger partial charge on any atom is -0.303 e. The van der Waals surface area contributed by atoms with Crippen LogP contribution < -0.4 is 4.90 Å². The summed E-state index contributed by atoms with van der Waals surface area (Å²) in [5.41, 5.74) is 3.26. The maximum absolute atomic E-state index is 13.9. The molecule has 0 atom stereocenters. The van der Waals surface area contributed by atoms with Gasteiger partial charge in [-0.1, -0.05) is 72.3 Å². The molecule has 0 aliphatic carbocycles. The highest BCUT2D eigenvalue weighted by Gasteiger charge is 2.35. The van der Waals surface area contributed by atoms with E-state index in [4.69, 9.17) is 11.6 Å². The van der Waals surface area contributed by atoms with E-state index in [1.807, 2.05) is 60.7 Å². The molecular weight excluding hydrogens is 349 g/mol. The summed E-state index contributed by atoms with van der Waals surface area (Å²) in [6, 6.07) is 23.3. The van der Waals surface area contributed by atoms with Crippen molar-refractivity contribution in [3.05, 3.63) is 101 Å². The Morgan fingerprint density at radius 3 is 2.27 bits per heavy atom. The average molecular weight is 364 g/mol. The van der Waals surface area contributed by atoms with Crippen LogP contribution in [0.1, 0.15) is 16.7 Å². The lowest BCUT2D eigenvalue weighted by molar-refractivity contribution is -0.113. The van der Waals surface area contributed by atoms with E-state index in [0.29, 0.717) is 28.4 Å². The third-order valence-corrected chi connectivity index (χ3v) is 4.82.